The Hall–Kier alpha value is -2.72. The maximum atomic E-state index is 13.5. The summed E-state index contributed by atoms with van der Waals surface area (Å²) in [5.41, 5.74) is 1.58. The molecule has 0 fully saturated rings. The van der Waals surface area contributed by atoms with Crippen molar-refractivity contribution >= 4 is 45.7 Å². The quantitative estimate of drug-likeness (QED) is 0.275. The Bertz CT molecular complexity index is 938. The van der Waals surface area contributed by atoms with E-state index in [-0.39, 0.29) is 5.15 Å². The third kappa shape index (κ3) is 3.92. The fourth-order valence-corrected chi connectivity index (χ4v) is 2.88. The first-order chi connectivity index (χ1) is 12.5. The summed E-state index contributed by atoms with van der Waals surface area (Å²) in [6, 6.07) is 9.16. The second kappa shape index (κ2) is 7.67. The number of aromatic nitrogens is 2. The summed E-state index contributed by atoms with van der Waals surface area (Å²) in [4.78, 5) is 6.87. The number of rotatable bonds is 5. The second-order valence-corrected chi connectivity index (χ2v) is 6.12. The van der Waals surface area contributed by atoms with Gasteiger partial charge in [0.1, 0.15) is 5.69 Å². The number of para-hydroxylation sites is 1. The van der Waals surface area contributed by atoms with Crippen molar-refractivity contribution in [2.75, 3.05) is 10.7 Å². The van der Waals surface area contributed by atoms with E-state index in [1.54, 1.807) is 0 Å². The average molecular weight is 402 g/mol. The molecule has 0 bridgehead atoms. The molecule has 3 aromatic rings. The minimum Gasteiger partial charge on any atom is -0.331 e. The van der Waals surface area contributed by atoms with E-state index >= 15 is 0 Å². The van der Waals surface area contributed by atoms with Gasteiger partial charge in [-0.2, -0.15) is 27.6 Å². The van der Waals surface area contributed by atoms with Gasteiger partial charge in [-0.1, -0.05) is 41.1 Å². The Labute approximate surface area is 153 Å². The predicted octanol–water partition coefficient (Wildman–Crippen LogP) is 4.94. The molecule has 134 valence electrons. The first-order valence-corrected chi connectivity index (χ1v) is 8.12. The van der Waals surface area contributed by atoms with Crippen LogP contribution in [0, 0.1) is 23.5 Å². The largest absolute Gasteiger partial charge is 0.331 e. The van der Waals surface area contributed by atoms with Crippen LogP contribution in [0.3, 0.4) is 0 Å². The lowest BCUT2D eigenvalue weighted by Crippen LogP contribution is -2.05. The number of thiazole rings is 1. The number of hydrogen-bond donors (Lipinski definition) is 2. The van der Waals surface area contributed by atoms with Crippen molar-refractivity contribution in [3.05, 3.63) is 63.9 Å². The van der Waals surface area contributed by atoms with Crippen molar-refractivity contribution in [3.8, 4) is 0 Å². The van der Waals surface area contributed by atoms with E-state index in [1.807, 2.05) is 35.8 Å². The van der Waals surface area contributed by atoms with Gasteiger partial charge in [-0.15, -0.1) is 0 Å². The van der Waals surface area contributed by atoms with Gasteiger partial charge in [0.25, 0.3) is 11.9 Å². The van der Waals surface area contributed by atoms with Gasteiger partial charge in [0.2, 0.25) is 11.6 Å². The van der Waals surface area contributed by atoms with Gasteiger partial charge in [-0.3, -0.25) is 5.43 Å². The van der Waals surface area contributed by atoms with Crippen LogP contribution in [0.1, 0.15) is 4.88 Å². The highest BCUT2D eigenvalue weighted by Crippen LogP contribution is 2.28. The smallest absolute Gasteiger partial charge is 0.254 e. The summed E-state index contributed by atoms with van der Waals surface area (Å²) < 4.78 is 53.0. The lowest BCUT2D eigenvalue weighted by Gasteiger charge is -2.04. The number of nitrogens with one attached hydrogen (secondary N) is 2. The number of hydrogen-bond acceptors (Lipinski definition) is 6. The van der Waals surface area contributed by atoms with Crippen LogP contribution in [-0.4, -0.2) is 16.2 Å². The zero-order chi connectivity index (χ0) is 18.7. The predicted molar refractivity (Wildman–Crippen MR) is 92.1 cm³/mol. The van der Waals surface area contributed by atoms with Gasteiger partial charge in [0, 0.05) is 5.69 Å². The van der Waals surface area contributed by atoms with Crippen LogP contribution in [-0.2, 0) is 0 Å². The summed E-state index contributed by atoms with van der Waals surface area (Å²) in [5.74, 6) is -6.95. The molecule has 26 heavy (non-hydrogen) atoms. The minimum atomic E-state index is -1.79. The van der Waals surface area contributed by atoms with Crippen molar-refractivity contribution in [2.45, 2.75) is 0 Å². The maximum absolute atomic E-state index is 13.5. The Morgan fingerprint density at radius 1 is 1.00 bits per heavy atom. The first kappa shape index (κ1) is 18.1. The van der Waals surface area contributed by atoms with Crippen LogP contribution in [0.15, 0.2) is 35.4 Å². The summed E-state index contributed by atoms with van der Waals surface area (Å²) in [7, 11) is 0. The minimum absolute atomic E-state index is 0.0898. The van der Waals surface area contributed by atoms with Gasteiger partial charge in [-0.25, -0.2) is 4.98 Å². The lowest BCUT2D eigenvalue weighted by atomic mass is 10.3. The molecule has 11 heteroatoms. The van der Waals surface area contributed by atoms with Crippen molar-refractivity contribution in [1.82, 2.24) is 9.97 Å². The molecule has 0 radical (unpaired) electrons. The lowest BCUT2D eigenvalue weighted by molar-refractivity contribution is 0.411. The zero-order valence-electron chi connectivity index (χ0n) is 12.6. The molecule has 0 saturated heterocycles. The van der Waals surface area contributed by atoms with E-state index < -0.39 is 29.2 Å². The molecule has 0 atom stereocenters. The van der Waals surface area contributed by atoms with Crippen molar-refractivity contribution in [1.29, 1.82) is 0 Å². The number of pyridine rings is 1. The van der Waals surface area contributed by atoms with Crippen molar-refractivity contribution in [3.63, 3.8) is 0 Å². The van der Waals surface area contributed by atoms with E-state index in [1.165, 1.54) is 0 Å². The van der Waals surface area contributed by atoms with Crippen LogP contribution in [0.25, 0.3) is 0 Å². The van der Waals surface area contributed by atoms with Gasteiger partial charge < -0.3 is 5.32 Å². The fraction of sp³-hybridized carbons (Fsp3) is 0. The van der Waals surface area contributed by atoms with Gasteiger partial charge >= 0.3 is 0 Å². The molecule has 2 heterocycles. The number of nitrogens with zero attached hydrogens (tertiary/aromatic N) is 3. The Balaban J connectivity index is 1.76. The van der Waals surface area contributed by atoms with Crippen LogP contribution in [0.4, 0.5) is 34.1 Å². The van der Waals surface area contributed by atoms with E-state index in [2.05, 4.69) is 20.4 Å². The molecule has 0 aliphatic heterocycles. The standard InChI is InChI=1S/C15H8ClF4N5S/c16-12-8(26-15(23-12)22-7-4-2-1-3-5-7)6-21-25-11-9(17)13(19)24-14(20)10(11)18/h1-6H,(H,22,23)(H,24,25)/b21-6+. The normalized spacial score (nSPS) is 11.1. The molecule has 0 aliphatic rings. The average Bonchev–Trinajstić information content (AvgIpc) is 2.96. The van der Waals surface area contributed by atoms with E-state index in [0.29, 0.717) is 10.0 Å². The SMILES string of the molecule is Fc1nc(F)c(F)c(N/N=C/c2sc(Nc3ccccc3)nc2Cl)c1F. The summed E-state index contributed by atoms with van der Waals surface area (Å²) in [5, 5.41) is 7.11. The van der Waals surface area contributed by atoms with Crippen LogP contribution < -0.4 is 10.7 Å². The molecule has 3 rings (SSSR count). The molecule has 2 N–H and O–H groups in total. The van der Waals surface area contributed by atoms with Gasteiger partial charge in [-0.05, 0) is 12.1 Å². The number of benzene rings is 1. The van der Waals surface area contributed by atoms with Crippen LogP contribution >= 0.6 is 22.9 Å². The first-order valence-electron chi connectivity index (χ1n) is 6.93. The molecule has 0 spiro atoms. The third-order valence-corrected chi connectivity index (χ3v) is 4.30. The molecule has 2 aromatic heterocycles. The third-order valence-electron chi connectivity index (χ3n) is 2.99. The number of anilines is 3. The second-order valence-electron chi connectivity index (χ2n) is 4.73. The summed E-state index contributed by atoms with van der Waals surface area (Å²) >= 11 is 7.08. The Morgan fingerprint density at radius 2 is 1.65 bits per heavy atom. The van der Waals surface area contributed by atoms with Crippen LogP contribution in [0.2, 0.25) is 5.15 Å². The molecule has 0 aliphatic carbocycles. The zero-order valence-corrected chi connectivity index (χ0v) is 14.2. The van der Waals surface area contributed by atoms with Crippen molar-refractivity contribution < 1.29 is 17.6 Å². The highest BCUT2D eigenvalue weighted by molar-refractivity contribution is 7.17. The molecular formula is C15H8ClF4N5S. The maximum Gasteiger partial charge on any atom is 0.254 e. The summed E-state index contributed by atoms with van der Waals surface area (Å²) in [6.07, 6.45) is 1.12. The highest BCUT2D eigenvalue weighted by atomic mass is 35.5. The summed E-state index contributed by atoms with van der Waals surface area (Å²) in [6.45, 7) is 0. The number of hydrazone groups is 1. The molecule has 0 saturated carbocycles. The van der Waals surface area contributed by atoms with E-state index in [4.69, 9.17) is 11.6 Å². The Kier molecular flexibility index (Phi) is 5.33. The topological polar surface area (TPSA) is 62.2 Å². The van der Waals surface area contributed by atoms with E-state index in [9.17, 15) is 17.6 Å². The van der Waals surface area contributed by atoms with E-state index in [0.717, 1.165) is 23.2 Å². The van der Waals surface area contributed by atoms with Crippen molar-refractivity contribution in [2.24, 2.45) is 5.10 Å². The Morgan fingerprint density at radius 3 is 2.31 bits per heavy atom. The molecular weight excluding hydrogens is 394 g/mol. The molecule has 1 aromatic carbocycles. The van der Waals surface area contributed by atoms with Gasteiger partial charge in [0.05, 0.1) is 11.1 Å². The van der Waals surface area contributed by atoms with Gasteiger partial charge in [0.15, 0.2) is 10.3 Å². The highest BCUT2D eigenvalue weighted by Gasteiger charge is 2.20. The molecule has 0 unspecified atom stereocenters. The monoisotopic (exact) mass is 401 g/mol. The number of halogens is 5. The van der Waals surface area contributed by atoms with Crippen LogP contribution in [0.5, 0.6) is 0 Å². The molecule has 0 amide bonds. The molecule has 5 nitrogen and oxygen atoms in total. The fourth-order valence-electron chi connectivity index (χ4n) is 1.83.